The zero-order valence-corrected chi connectivity index (χ0v) is 11.2. The highest BCUT2D eigenvalue weighted by atomic mass is 19.4. The fourth-order valence-electron chi connectivity index (χ4n) is 1.95. The number of hydrogen-bond acceptors (Lipinski definition) is 2. The molecule has 0 aromatic heterocycles. The Kier molecular flexibility index (Phi) is 4.69. The number of carbonyl (C=O) groups excluding carboxylic acids is 1. The zero-order valence-electron chi connectivity index (χ0n) is 11.2. The predicted octanol–water partition coefficient (Wildman–Crippen LogP) is 1.93. The van der Waals surface area contributed by atoms with Crippen LogP contribution in [0.25, 0.3) is 0 Å². The van der Waals surface area contributed by atoms with Crippen molar-refractivity contribution in [2.75, 3.05) is 13.1 Å². The largest absolute Gasteiger partial charge is 0.481 e. The number of carbonyl (C=O) groups is 2. The van der Waals surface area contributed by atoms with E-state index in [9.17, 15) is 31.5 Å². The first-order valence-electron chi connectivity index (χ1n) is 6.06. The van der Waals surface area contributed by atoms with Gasteiger partial charge in [-0.2, -0.15) is 13.2 Å². The molecule has 1 heterocycles. The molecule has 5 nitrogen and oxygen atoms in total. The van der Waals surface area contributed by atoms with E-state index in [2.05, 4.69) is 0 Å². The van der Waals surface area contributed by atoms with Crippen LogP contribution < -0.4 is 5.32 Å². The van der Waals surface area contributed by atoms with E-state index in [4.69, 9.17) is 5.11 Å². The first-order valence-corrected chi connectivity index (χ1v) is 6.06. The lowest BCUT2D eigenvalue weighted by Crippen LogP contribution is -2.49. The van der Waals surface area contributed by atoms with Crippen molar-refractivity contribution in [1.82, 2.24) is 10.2 Å². The molecule has 2 N–H and O–H groups in total. The number of rotatable bonds is 3. The topological polar surface area (TPSA) is 69.6 Å². The van der Waals surface area contributed by atoms with E-state index in [0.29, 0.717) is 11.8 Å². The Morgan fingerprint density at radius 1 is 1.24 bits per heavy atom. The number of nitrogens with zero attached hydrogens (tertiary/aromatic N) is 1. The van der Waals surface area contributed by atoms with Crippen LogP contribution in [0.4, 0.5) is 26.7 Å². The van der Waals surface area contributed by atoms with Crippen molar-refractivity contribution in [2.45, 2.75) is 32.0 Å². The number of aliphatic carboxylic acids is 1. The van der Waals surface area contributed by atoms with Gasteiger partial charge in [-0.25, -0.2) is 13.6 Å². The summed E-state index contributed by atoms with van der Waals surface area (Å²) in [4.78, 5) is 23.1. The normalized spacial score (nSPS) is 24.8. The fraction of sp³-hybridized carbons (Fsp3) is 0.818. The minimum Gasteiger partial charge on any atom is -0.481 e. The number of carboxylic acids is 1. The third-order valence-corrected chi connectivity index (χ3v) is 3.45. The Hall–Kier alpha value is -1.61. The Morgan fingerprint density at radius 2 is 1.76 bits per heavy atom. The molecular formula is C11H15F5N2O3. The number of halogens is 5. The Balaban J connectivity index is 2.78. The molecule has 21 heavy (non-hydrogen) atoms. The highest BCUT2D eigenvalue weighted by Crippen LogP contribution is 2.37. The second kappa shape index (κ2) is 5.64. The van der Waals surface area contributed by atoms with Crippen LogP contribution in [0.1, 0.15) is 13.8 Å². The van der Waals surface area contributed by atoms with Crippen molar-refractivity contribution in [3.05, 3.63) is 0 Å². The Morgan fingerprint density at radius 3 is 2.10 bits per heavy atom. The number of alkyl halides is 5. The molecule has 2 amide bonds. The summed E-state index contributed by atoms with van der Waals surface area (Å²) in [6, 6.07) is -2.72. The van der Waals surface area contributed by atoms with Gasteiger partial charge in [-0.05, 0) is 6.92 Å². The minimum atomic E-state index is -4.78. The zero-order chi connectivity index (χ0) is 16.6. The van der Waals surface area contributed by atoms with E-state index in [1.807, 2.05) is 5.32 Å². The maximum absolute atomic E-state index is 12.9. The van der Waals surface area contributed by atoms with Gasteiger partial charge in [-0.3, -0.25) is 4.79 Å². The summed E-state index contributed by atoms with van der Waals surface area (Å²) < 4.78 is 64.0. The van der Waals surface area contributed by atoms with E-state index in [1.54, 1.807) is 0 Å². The molecule has 1 aliphatic heterocycles. The first kappa shape index (κ1) is 17.4. The average molecular weight is 318 g/mol. The van der Waals surface area contributed by atoms with E-state index >= 15 is 0 Å². The quantitative estimate of drug-likeness (QED) is 0.781. The highest BCUT2D eigenvalue weighted by Gasteiger charge is 2.53. The summed E-state index contributed by atoms with van der Waals surface area (Å²) >= 11 is 0. The Labute approximate surface area is 117 Å². The lowest BCUT2D eigenvalue weighted by molar-refractivity contribution is -0.187. The lowest BCUT2D eigenvalue weighted by Gasteiger charge is -2.24. The van der Waals surface area contributed by atoms with E-state index < -0.39 is 55.1 Å². The molecule has 3 atom stereocenters. The second-order valence-corrected chi connectivity index (χ2v) is 5.13. The van der Waals surface area contributed by atoms with Crippen LogP contribution in [0.15, 0.2) is 0 Å². The van der Waals surface area contributed by atoms with Gasteiger partial charge in [0.2, 0.25) is 0 Å². The van der Waals surface area contributed by atoms with Crippen molar-refractivity contribution in [1.29, 1.82) is 0 Å². The Bertz CT molecular complexity index is 421. The highest BCUT2D eigenvalue weighted by molar-refractivity contribution is 5.78. The second-order valence-electron chi connectivity index (χ2n) is 5.13. The predicted molar refractivity (Wildman–Crippen MR) is 60.9 cm³/mol. The number of carboxylic acid groups (broad SMARTS) is 1. The van der Waals surface area contributed by atoms with Gasteiger partial charge in [0, 0.05) is 20.0 Å². The monoisotopic (exact) mass is 318 g/mol. The number of urea groups is 1. The van der Waals surface area contributed by atoms with Crippen LogP contribution in [0.3, 0.4) is 0 Å². The summed E-state index contributed by atoms with van der Waals surface area (Å²) in [5.74, 6) is -8.93. The van der Waals surface area contributed by atoms with E-state index in [1.165, 1.54) is 0 Å². The molecule has 1 saturated heterocycles. The summed E-state index contributed by atoms with van der Waals surface area (Å²) in [5, 5.41) is 10.6. The molecule has 122 valence electrons. The molecule has 0 aromatic carbocycles. The molecule has 0 saturated carbocycles. The van der Waals surface area contributed by atoms with Crippen molar-refractivity contribution in [3.8, 4) is 0 Å². The molecule has 0 bridgehead atoms. The van der Waals surface area contributed by atoms with E-state index in [0.717, 1.165) is 6.92 Å². The molecule has 10 heteroatoms. The minimum absolute atomic E-state index is 0.556. The maximum Gasteiger partial charge on any atom is 0.394 e. The molecule has 1 fully saturated rings. The SMILES string of the molecule is CC(NC(=O)N1C[C@@H](C(F)(F)F)[C@H](C(=O)O)C1)C(C)(F)F. The number of amides is 2. The third kappa shape index (κ3) is 4.18. The molecule has 0 aromatic rings. The summed E-state index contributed by atoms with van der Waals surface area (Å²) in [7, 11) is 0. The van der Waals surface area contributed by atoms with Crippen LogP contribution in [0.2, 0.25) is 0 Å². The number of hydrogen-bond donors (Lipinski definition) is 2. The standard InChI is InChI=1S/C11H15F5N2O3/c1-5(10(2,12)13)17-9(21)18-3-6(8(19)20)7(4-18)11(14,15)16/h5-7H,3-4H2,1-2H3,(H,17,21)(H,19,20)/t5?,6-,7-/m1/s1. The number of likely N-dealkylation sites (tertiary alicyclic amines) is 1. The van der Waals surface area contributed by atoms with Gasteiger partial charge in [0.15, 0.2) is 0 Å². The van der Waals surface area contributed by atoms with Crippen LogP contribution in [-0.4, -0.2) is 53.2 Å². The molecule has 1 unspecified atom stereocenters. The lowest BCUT2D eigenvalue weighted by atomic mass is 9.96. The van der Waals surface area contributed by atoms with Crippen molar-refractivity contribution < 1.29 is 36.6 Å². The van der Waals surface area contributed by atoms with Crippen LogP contribution in [0.5, 0.6) is 0 Å². The number of nitrogens with one attached hydrogen (secondary N) is 1. The molecule has 1 rings (SSSR count). The smallest absolute Gasteiger partial charge is 0.394 e. The van der Waals surface area contributed by atoms with Gasteiger partial charge < -0.3 is 15.3 Å². The van der Waals surface area contributed by atoms with Crippen LogP contribution in [-0.2, 0) is 4.79 Å². The molecular weight excluding hydrogens is 303 g/mol. The van der Waals surface area contributed by atoms with Crippen molar-refractivity contribution >= 4 is 12.0 Å². The summed E-state index contributed by atoms with van der Waals surface area (Å²) in [5.41, 5.74) is 0. The van der Waals surface area contributed by atoms with Crippen molar-refractivity contribution in [3.63, 3.8) is 0 Å². The van der Waals surface area contributed by atoms with Gasteiger partial charge in [-0.15, -0.1) is 0 Å². The average Bonchev–Trinajstić information content (AvgIpc) is 2.71. The molecule has 0 radical (unpaired) electrons. The molecule has 0 spiro atoms. The van der Waals surface area contributed by atoms with Gasteiger partial charge >= 0.3 is 18.2 Å². The van der Waals surface area contributed by atoms with Crippen LogP contribution >= 0.6 is 0 Å². The summed E-state index contributed by atoms with van der Waals surface area (Å²) in [6.07, 6.45) is -4.78. The molecule has 1 aliphatic rings. The summed E-state index contributed by atoms with van der Waals surface area (Å²) in [6.45, 7) is 0.0199. The first-order chi connectivity index (χ1) is 9.34. The van der Waals surface area contributed by atoms with Gasteiger partial charge in [-0.1, -0.05) is 0 Å². The van der Waals surface area contributed by atoms with Crippen molar-refractivity contribution in [2.24, 2.45) is 11.8 Å². The maximum atomic E-state index is 12.9. The van der Waals surface area contributed by atoms with Crippen LogP contribution in [0, 0.1) is 11.8 Å². The van der Waals surface area contributed by atoms with Gasteiger partial charge in [0.05, 0.1) is 17.9 Å². The van der Waals surface area contributed by atoms with Gasteiger partial charge in [0.25, 0.3) is 5.92 Å². The molecule has 0 aliphatic carbocycles. The van der Waals surface area contributed by atoms with E-state index in [-0.39, 0.29) is 0 Å². The fourth-order valence-corrected chi connectivity index (χ4v) is 1.95. The van der Waals surface area contributed by atoms with Gasteiger partial charge in [0.1, 0.15) is 0 Å². The third-order valence-electron chi connectivity index (χ3n) is 3.45.